The van der Waals surface area contributed by atoms with Crippen LogP contribution in [0.15, 0.2) is 0 Å². The van der Waals surface area contributed by atoms with Crippen molar-refractivity contribution in [3.8, 4) is 0 Å². The Kier molecular flexibility index (Phi) is 2.54. The first-order valence-corrected chi connectivity index (χ1v) is 5.26. The third kappa shape index (κ3) is 2.21. The monoisotopic (exact) mass is 183 g/mol. The molecule has 2 rings (SSSR count). The van der Waals surface area contributed by atoms with Gasteiger partial charge in [0.2, 0.25) is 0 Å². The zero-order chi connectivity index (χ0) is 9.26. The molecule has 13 heavy (non-hydrogen) atoms. The van der Waals surface area contributed by atoms with E-state index in [-0.39, 0.29) is 12.0 Å². The lowest BCUT2D eigenvalue weighted by Crippen LogP contribution is -2.43. The minimum atomic E-state index is -0.613. The number of hydrogen-bond donors (Lipinski definition) is 2. The molecule has 0 aromatic rings. The van der Waals surface area contributed by atoms with Crippen LogP contribution in [-0.4, -0.2) is 23.2 Å². The number of nitrogens with one attached hydrogen (secondary N) is 1. The predicted octanol–water partition coefficient (Wildman–Crippen LogP) is 1.38. The third-order valence-corrected chi connectivity index (χ3v) is 3.11. The smallest absolute Gasteiger partial charge is 0.308 e. The SMILES string of the molecule is O=C(O)[C@H]1CCCC[C@H]1NC1CC1. The summed E-state index contributed by atoms with van der Waals surface area (Å²) in [4.78, 5) is 10.9. The van der Waals surface area contributed by atoms with Crippen LogP contribution < -0.4 is 5.32 Å². The largest absolute Gasteiger partial charge is 0.481 e. The Bertz CT molecular complexity index is 201. The first kappa shape index (κ1) is 9.00. The number of carboxylic acid groups (broad SMARTS) is 1. The highest BCUT2D eigenvalue weighted by molar-refractivity contribution is 5.71. The molecule has 2 saturated carbocycles. The third-order valence-electron chi connectivity index (χ3n) is 3.11. The summed E-state index contributed by atoms with van der Waals surface area (Å²) in [5, 5.41) is 12.4. The highest BCUT2D eigenvalue weighted by Crippen LogP contribution is 2.28. The molecule has 0 amide bonds. The van der Waals surface area contributed by atoms with Gasteiger partial charge in [-0.3, -0.25) is 4.79 Å². The van der Waals surface area contributed by atoms with Gasteiger partial charge in [-0.25, -0.2) is 0 Å². The first-order chi connectivity index (χ1) is 6.27. The van der Waals surface area contributed by atoms with E-state index in [0.29, 0.717) is 6.04 Å². The Balaban J connectivity index is 1.90. The van der Waals surface area contributed by atoms with Crippen LogP contribution in [0, 0.1) is 5.92 Å². The van der Waals surface area contributed by atoms with Crippen molar-refractivity contribution in [2.24, 2.45) is 5.92 Å². The molecule has 0 radical (unpaired) electrons. The van der Waals surface area contributed by atoms with E-state index in [9.17, 15) is 4.79 Å². The van der Waals surface area contributed by atoms with Crippen LogP contribution in [0.4, 0.5) is 0 Å². The minimum absolute atomic E-state index is 0.130. The molecule has 74 valence electrons. The van der Waals surface area contributed by atoms with Crippen molar-refractivity contribution < 1.29 is 9.90 Å². The van der Waals surface area contributed by atoms with E-state index in [0.717, 1.165) is 19.3 Å². The number of carboxylic acids is 1. The van der Waals surface area contributed by atoms with Crippen molar-refractivity contribution in [3.05, 3.63) is 0 Å². The van der Waals surface area contributed by atoms with Crippen LogP contribution in [-0.2, 0) is 4.79 Å². The lowest BCUT2D eigenvalue weighted by Gasteiger charge is -2.29. The number of carbonyl (C=O) groups is 1. The van der Waals surface area contributed by atoms with E-state index in [1.54, 1.807) is 0 Å². The highest BCUT2D eigenvalue weighted by atomic mass is 16.4. The van der Waals surface area contributed by atoms with Gasteiger partial charge in [0.05, 0.1) is 5.92 Å². The Labute approximate surface area is 78.5 Å². The fourth-order valence-corrected chi connectivity index (χ4v) is 2.18. The fourth-order valence-electron chi connectivity index (χ4n) is 2.18. The highest BCUT2D eigenvalue weighted by Gasteiger charge is 2.34. The van der Waals surface area contributed by atoms with Gasteiger partial charge in [0.1, 0.15) is 0 Å². The molecule has 2 N–H and O–H groups in total. The van der Waals surface area contributed by atoms with E-state index in [2.05, 4.69) is 5.32 Å². The second-order valence-corrected chi connectivity index (χ2v) is 4.28. The second kappa shape index (κ2) is 3.66. The topological polar surface area (TPSA) is 49.3 Å². The van der Waals surface area contributed by atoms with E-state index in [1.165, 1.54) is 19.3 Å². The van der Waals surface area contributed by atoms with Crippen LogP contribution in [0.25, 0.3) is 0 Å². The van der Waals surface area contributed by atoms with Crippen molar-refractivity contribution in [2.75, 3.05) is 0 Å². The van der Waals surface area contributed by atoms with Gasteiger partial charge in [0.15, 0.2) is 0 Å². The summed E-state index contributed by atoms with van der Waals surface area (Å²) in [6.45, 7) is 0. The van der Waals surface area contributed by atoms with Crippen molar-refractivity contribution in [1.29, 1.82) is 0 Å². The Morgan fingerprint density at radius 2 is 1.85 bits per heavy atom. The maximum Gasteiger partial charge on any atom is 0.308 e. The molecule has 0 aromatic carbocycles. The molecular formula is C10H17NO2. The van der Waals surface area contributed by atoms with Gasteiger partial charge >= 0.3 is 5.97 Å². The lowest BCUT2D eigenvalue weighted by atomic mass is 9.84. The lowest BCUT2D eigenvalue weighted by molar-refractivity contribution is -0.143. The zero-order valence-corrected chi connectivity index (χ0v) is 7.83. The van der Waals surface area contributed by atoms with Gasteiger partial charge in [0, 0.05) is 12.1 Å². The molecule has 2 atom stereocenters. The Morgan fingerprint density at radius 1 is 1.15 bits per heavy atom. The molecule has 0 aromatic heterocycles. The standard InChI is InChI=1S/C10H17NO2/c12-10(13)8-3-1-2-4-9(8)11-7-5-6-7/h7-9,11H,1-6H2,(H,12,13)/t8-,9+/m0/s1. The fraction of sp³-hybridized carbons (Fsp3) is 0.900. The summed E-state index contributed by atoms with van der Waals surface area (Å²) >= 11 is 0. The molecule has 2 fully saturated rings. The first-order valence-electron chi connectivity index (χ1n) is 5.26. The maximum atomic E-state index is 10.9. The average molecular weight is 183 g/mol. The van der Waals surface area contributed by atoms with Crippen LogP contribution >= 0.6 is 0 Å². The number of aliphatic carboxylic acids is 1. The Morgan fingerprint density at radius 3 is 2.46 bits per heavy atom. The molecule has 2 aliphatic carbocycles. The van der Waals surface area contributed by atoms with Crippen LogP contribution in [0.2, 0.25) is 0 Å². The minimum Gasteiger partial charge on any atom is -0.481 e. The molecular weight excluding hydrogens is 166 g/mol. The summed E-state index contributed by atoms with van der Waals surface area (Å²) < 4.78 is 0. The predicted molar refractivity (Wildman–Crippen MR) is 49.5 cm³/mol. The van der Waals surface area contributed by atoms with Crippen LogP contribution in [0.1, 0.15) is 38.5 Å². The van der Waals surface area contributed by atoms with Crippen LogP contribution in [0.5, 0.6) is 0 Å². The number of hydrogen-bond acceptors (Lipinski definition) is 2. The molecule has 0 unspecified atom stereocenters. The van der Waals surface area contributed by atoms with Gasteiger partial charge in [-0.2, -0.15) is 0 Å². The van der Waals surface area contributed by atoms with Crippen molar-refractivity contribution in [1.82, 2.24) is 5.32 Å². The second-order valence-electron chi connectivity index (χ2n) is 4.28. The molecule has 3 nitrogen and oxygen atoms in total. The molecule has 0 heterocycles. The maximum absolute atomic E-state index is 10.9. The summed E-state index contributed by atoms with van der Waals surface area (Å²) in [6.07, 6.45) is 6.66. The van der Waals surface area contributed by atoms with Crippen molar-refractivity contribution in [2.45, 2.75) is 50.6 Å². The van der Waals surface area contributed by atoms with Crippen LogP contribution in [0.3, 0.4) is 0 Å². The van der Waals surface area contributed by atoms with Gasteiger partial charge < -0.3 is 10.4 Å². The Hall–Kier alpha value is -0.570. The van der Waals surface area contributed by atoms with Gasteiger partial charge in [0.25, 0.3) is 0 Å². The van der Waals surface area contributed by atoms with Gasteiger partial charge in [-0.1, -0.05) is 12.8 Å². The summed E-state index contributed by atoms with van der Waals surface area (Å²) in [5.74, 6) is -0.743. The van der Waals surface area contributed by atoms with E-state index in [4.69, 9.17) is 5.11 Å². The summed E-state index contributed by atoms with van der Waals surface area (Å²) in [6, 6.07) is 0.878. The molecule has 3 heteroatoms. The summed E-state index contributed by atoms with van der Waals surface area (Å²) in [7, 11) is 0. The zero-order valence-electron chi connectivity index (χ0n) is 7.83. The van der Waals surface area contributed by atoms with E-state index in [1.807, 2.05) is 0 Å². The van der Waals surface area contributed by atoms with Crippen molar-refractivity contribution in [3.63, 3.8) is 0 Å². The normalized spacial score (nSPS) is 34.5. The van der Waals surface area contributed by atoms with E-state index >= 15 is 0 Å². The molecule has 0 saturated heterocycles. The summed E-state index contributed by atoms with van der Waals surface area (Å²) in [5.41, 5.74) is 0. The average Bonchev–Trinajstić information content (AvgIpc) is 2.89. The van der Waals surface area contributed by atoms with Gasteiger partial charge in [-0.15, -0.1) is 0 Å². The molecule has 2 aliphatic rings. The molecule has 0 bridgehead atoms. The van der Waals surface area contributed by atoms with E-state index < -0.39 is 5.97 Å². The molecule has 0 spiro atoms. The number of rotatable bonds is 3. The molecule has 0 aliphatic heterocycles. The van der Waals surface area contributed by atoms with Gasteiger partial charge in [-0.05, 0) is 25.7 Å². The van der Waals surface area contributed by atoms with Crippen molar-refractivity contribution >= 4 is 5.97 Å². The quantitative estimate of drug-likeness (QED) is 0.695.